The Morgan fingerprint density at radius 3 is 2.42 bits per heavy atom. The highest BCUT2D eigenvalue weighted by atomic mass is 16.2. The molecule has 0 aromatic heterocycles. The van der Waals surface area contributed by atoms with Crippen LogP contribution in [0.25, 0.3) is 0 Å². The molecule has 1 aliphatic heterocycles. The van der Waals surface area contributed by atoms with Crippen molar-refractivity contribution in [2.75, 3.05) is 18.4 Å². The van der Waals surface area contributed by atoms with Crippen molar-refractivity contribution >= 4 is 11.6 Å². The van der Waals surface area contributed by atoms with E-state index in [0.29, 0.717) is 6.04 Å². The summed E-state index contributed by atoms with van der Waals surface area (Å²) in [5, 5.41) is 3.57. The van der Waals surface area contributed by atoms with Crippen LogP contribution in [0.4, 0.5) is 5.69 Å². The summed E-state index contributed by atoms with van der Waals surface area (Å²) >= 11 is 0. The highest BCUT2D eigenvalue weighted by Crippen LogP contribution is 2.17. The van der Waals surface area contributed by atoms with Crippen LogP contribution in [0.1, 0.15) is 38.7 Å². The molecule has 1 N–H and O–H groups in total. The first kappa shape index (κ1) is 13.9. The Kier molecular flexibility index (Phi) is 4.83. The second-order valence-corrected chi connectivity index (χ2v) is 5.37. The van der Waals surface area contributed by atoms with Crippen LogP contribution in [-0.4, -0.2) is 29.9 Å². The minimum absolute atomic E-state index is 0.197. The number of nitrogens with one attached hydrogen (secondary N) is 1. The molecule has 0 bridgehead atoms. The number of amides is 1. The SMILES string of the molecule is CCCc1ccc(NC2CCN(C(C)=O)CC2)cc1. The lowest BCUT2D eigenvalue weighted by Crippen LogP contribution is -2.41. The molecule has 3 nitrogen and oxygen atoms in total. The number of anilines is 1. The molecule has 0 spiro atoms. The van der Waals surface area contributed by atoms with E-state index in [0.717, 1.165) is 32.4 Å². The molecule has 1 saturated heterocycles. The van der Waals surface area contributed by atoms with Crippen LogP contribution in [0.2, 0.25) is 0 Å². The molecule has 3 heteroatoms. The van der Waals surface area contributed by atoms with Gasteiger partial charge in [0.2, 0.25) is 5.91 Å². The van der Waals surface area contributed by atoms with E-state index >= 15 is 0 Å². The van der Waals surface area contributed by atoms with Crippen molar-refractivity contribution in [3.63, 3.8) is 0 Å². The molecule has 2 rings (SSSR count). The number of hydrogen-bond acceptors (Lipinski definition) is 2. The fraction of sp³-hybridized carbons (Fsp3) is 0.562. The molecule has 0 saturated carbocycles. The molecule has 104 valence electrons. The zero-order valence-corrected chi connectivity index (χ0v) is 12.0. The summed E-state index contributed by atoms with van der Waals surface area (Å²) in [5.41, 5.74) is 2.60. The first-order valence-electron chi connectivity index (χ1n) is 7.30. The van der Waals surface area contributed by atoms with Crippen molar-refractivity contribution in [2.24, 2.45) is 0 Å². The van der Waals surface area contributed by atoms with Gasteiger partial charge in [-0.15, -0.1) is 0 Å². The van der Waals surface area contributed by atoms with E-state index in [1.54, 1.807) is 6.92 Å². The smallest absolute Gasteiger partial charge is 0.219 e. The third kappa shape index (κ3) is 3.98. The van der Waals surface area contributed by atoms with Crippen molar-refractivity contribution in [1.29, 1.82) is 0 Å². The largest absolute Gasteiger partial charge is 0.382 e. The predicted molar refractivity (Wildman–Crippen MR) is 79.3 cm³/mol. The molecule has 0 atom stereocenters. The van der Waals surface area contributed by atoms with Crippen molar-refractivity contribution < 1.29 is 4.79 Å². The second kappa shape index (κ2) is 6.60. The number of likely N-dealkylation sites (tertiary alicyclic amines) is 1. The number of piperidine rings is 1. The van der Waals surface area contributed by atoms with E-state index in [2.05, 4.69) is 36.5 Å². The maximum absolute atomic E-state index is 11.3. The van der Waals surface area contributed by atoms with Gasteiger partial charge in [0.15, 0.2) is 0 Å². The number of hydrogen-bond donors (Lipinski definition) is 1. The molecular formula is C16H24N2O. The number of aryl methyl sites for hydroxylation is 1. The van der Waals surface area contributed by atoms with E-state index in [-0.39, 0.29) is 5.91 Å². The topological polar surface area (TPSA) is 32.3 Å². The molecule has 1 aromatic rings. The Bertz CT molecular complexity index is 405. The summed E-state index contributed by atoms with van der Waals surface area (Å²) in [6.07, 6.45) is 4.42. The maximum atomic E-state index is 11.3. The van der Waals surface area contributed by atoms with Crippen LogP contribution in [0, 0.1) is 0 Å². The number of benzene rings is 1. The summed E-state index contributed by atoms with van der Waals surface area (Å²) in [7, 11) is 0. The first-order valence-corrected chi connectivity index (χ1v) is 7.30. The lowest BCUT2D eigenvalue weighted by molar-refractivity contribution is -0.129. The van der Waals surface area contributed by atoms with E-state index in [9.17, 15) is 4.79 Å². The fourth-order valence-corrected chi connectivity index (χ4v) is 2.63. The lowest BCUT2D eigenvalue weighted by Gasteiger charge is -2.32. The van der Waals surface area contributed by atoms with Gasteiger partial charge in [-0.05, 0) is 37.0 Å². The molecule has 1 aliphatic rings. The quantitative estimate of drug-likeness (QED) is 0.902. The molecule has 0 radical (unpaired) electrons. The van der Waals surface area contributed by atoms with Crippen LogP contribution in [0.15, 0.2) is 24.3 Å². The van der Waals surface area contributed by atoms with Gasteiger partial charge in [0.25, 0.3) is 0 Å². The van der Waals surface area contributed by atoms with E-state index in [1.165, 1.54) is 17.7 Å². The van der Waals surface area contributed by atoms with Crippen LogP contribution < -0.4 is 5.32 Å². The molecule has 1 fully saturated rings. The van der Waals surface area contributed by atoms with Crippen molar-refractivity contribution in [3.8, 4) is 0 Å². The Morgan fingerprint density at radius 1 is 1.26 bits per heavy atom. The minimum Gasteiger partial charge on any atom is -0.382 e. The summed E-state index contributed by atoms with van der Waals surface area (Å²) < 4.78 is 0. The molecule has 1 amide bonds. The van der Waals surface area contributed by atoms with Crippen molar-refractivity contribution in [2.45, 2.75) is 45.6 Å². The average Bonchev–Trinajstić information content (AvgIpc) is 2.42. The standard InChI is InChI=1S/C16H24N2O/c1-3-4-14-5-7-15(8-6-14)17-16-9-11-18(12-10-16)13(2)19/h5-8,16-17H,3-4,9-12H2,1-2H3. The van der Waals surface area contributed by atoms with Crippen LogP contribution in [0.3, 0.4) is 0 Å². The van der Waals surface area contributed by atoms with Crippen molar-refractivity contribution in [3.05, 3.63) is 29.8 Å². The zero-order chi connectivity index (χ0) is 13.7. The van der Waals surface area contributed by atoms with Crippen LogP contribution in [-0.2, 0) is 11.2 Å². The Balaban J connectivity index is 1.83. The Labute approximate surface area is 116 Å². The Hall–Kier alpha value is -1.51. The van der Waals surface area contributed by atoms with E-state index in [1.807, 2.05) is 4.90 Å². The highest BCUT2D eigenvalue weighted by Gasteiger charge is 2.20. The lowest BCUT2D eigenvalue weighted by atomic mass is 10.0. The number of carbonyl (C=O) groups excluding carboxylic acids is 1. The third-order valence-electron chi connectivity index (χ3n) is 3.80. The van der Waals surface area contributed by atoms with Gasteiger partial charge in [-0.3, -0.25) is 4.79 Å². The van der Waals surface area contributed by atoms with Gasteiger partial charge in [-0.2, -0.15) is 0 Å². The Morgan fingerprint density at radius 2 is 1.89 bits per heavy atom. The van der Waals surface area contributed by atoms with E-state index < -0.39 is 0 Å². The normalized spacial score (nSPS) is 16.4. The number of nitrogens with zero attached hydrogens (tertiary/aromatic N) is 1. The zero-order valence-electron chi connectivity index (χ0n) is 12.0. The predicted octanol–water partition coefficient (Wildman–Crippen LogP) is 3.06. The van der Waals surface area contributed by atoms with E-state index in [4.69, 9.17) is 0 Å². The summed E-state index contributed by atoms with van der Waals surface area (Å²) in [5.74, 6) is 0.197. The maximum Gasteiger partial charge on any atom is 0.219 e. The van der Waals surface area contributed by atoms with Gasteiger partial charge in [0, 0.05) is 31.7 Å². The summed E-state index contributed by atoms with van der Waals surface area (Å²) in [4.78, 5) is 13.2. The number of carbonyl (C=O) groups is 1. The molecular weight excluding hydrogens is 236 g/mol. The van der Waals surface area contributed by atoms with Gasteiger partial charge < -0.3 is 10.2 Å². The highest BCUT2D eigenvalue weighted by molar-refractivity contribution is 5.73. The first-order chi connectivity index (χ1) is 9.19. The molecule has 0 aliphatic carbocycles. The van der Waals surface area contributed by atoms with Crippen molar-refractivity contribution in [1.82, 2.24) is 4.90 Å². The molecule has 0 unspecified atom stereocenters. The molecule has 19 heavy (non-hydrogen) atoms. The fourth-order valence-electron chi connectivity index (χ4n) is 2.63. The van der Waals surface area contributed by atoms with Gasteiger partial charge >= 0.3 is 0 Å². The van der Waals surface area contributed by atoms with Gasteiger partial charge in [-0.1, -0.05) is 25.5 Å². The summed E-state index contributed by atoms with van der Waals surface area (Å²) in [6.45, 7) is 5.61. The van der Waals surface area contributed by atoms with Crippen LogP contribution in [0.5, 0.6) is 0 Å². The minimum atomic E-state index is 0.197. The second-order valence-electron chi connectivity index (χ2n) is 5.37. The number of rotatable bonds is 4. The third-order valence-corrected chi connectivity index (χ3v) is 3.80. The van der Waals surface area contributed by atoms with Gasteiger partial charge in [-0.25, -0.2) is 0 Å². The van der Waals surface area contributed by atoms with Gasteiger partial charge in [0.05, 0.1) is 0 Å². The van der Waals surface area contributed by atoms with Gasteiger partial charge in [0.1, 0.15) is 0 Å². The molecule has 1 heterocycles. The van der Waals surface area contributed by atoms with Crippen LogP contribution >= 0.6 is 0 Å². The summed E-state index contributed by atoms with van der Waals surface area (Å²) in [6, 6.07) is 9.24. The monoisotopic (exact) mass is 260 g/mol. The molecule has 1 aromatic carbocycles. The average molecular weight is 260 g/mol.